The van der Waals surface area contributed by atoms with Gasteiger partial charge >= 0.3 is 0 Å². The Morgan fingerprint density at radius 3 is 1.59 bits per heavy atom. The normalized spacial score (nSPS) is 11.0. The number of anilines is 5. The Morgan fingerprint density at radius 2 is 1.00 bits per heavy atom. The van der Waals surface area contributed by atoms with Crippen LogP contribution < -0.4 is 14.5 Å². The Morgan fingerprint density at radius 1 is 0.486 bits per heavy atom. The number of rotatable bonds is 6. The number of methoxy groups -OCH3 is 1. The number of hydrogen-bond acceptors (Lipinski definition) is 3. The first-order valence-corrected chi connectivity index (χ1v) is 12.5. The lowest BCUT2D eigenvalue weighted by atomic mass is 10.0. The fourth-order valence-electron chi connectivity index (χ4n) is 5.01. The van der Waals surface area contributed by atoms with E-state index in [1.165, 1.54) is 21.5 Å². The molecule has 0 fully saturated rings. The predicted octanol–water partition coefficient (Wildman–Crippen LogP) is 9.24. The van der Waals surface area contributed by atoms with E-state index in [9.17, 15) is 0 Å². The maximum Gasteiger partial charge on any atom is 0.120 e. The molecular weight excluding hydrogens is 452 g/mol. The van der Waals surface area contributed by atoms with Crippen LogP contribution in [0.5, 0.6) is 5.75 Å². The minimum atomic E-state index is 0.846. The van der Waals surface area contributed by atoms with Crippen LogP contribution in [0.15, 0.2) is 133 Å². The van der Waals surface area contributed by atoms with Crippen LogP contribution in [-0.4, -0.2) is 14.2 Å². The van der Waals surface area contributed by atoms with Gasteiger partial charge in [0, 0.05) is 40.9 Å². The summed E-state index contributed by atoms with van der Waals surface area (Å²) in [5.41, 5.74) is 5.60. The van der Waals surface area contributed by atoms with Gasteiger partial charge in [0.2, 0.25) is 0 Å². The van der Waals surface area contributed by atoms with Crippen LogP contribution in [0.2, 0.25) is 0 Å². The molecule has 0 N–H and O–H groups in total. The average Bonchev–Trinajstić information content (AvgIpc) is 2.97. The van der Waals surface area contributed by atoms with Crippen LogP contribution in [0.4, 0.5) is 28.4 Å². The van der Waals surface area contributed by atoms with Crippen LogP contribution >= 0.6 is 0 Å². The molecule has 0 aliphatic carbocycles. The summed E-state index contributed by atoms with van der Waals surface area (Å²) < 4.78 is 5.43. The quantitative estimate of drug-likeness (QED) is 0.236. The first kappa shape index (κ1) is 22.7. The van der Waals surface area contributed by atoms with E-state index in [1.54, 1.807) is 7.11 Å². The molecule has 180 valence electrons. The lowest BCUT2D eigenvalue weighted by Gasteiger charge is -2.29. The Balaban J connectivity index is 1.49. The van der Waals surface area contributed by atoms with Crippen molar-refractivity contribution < 1.29 is 4.74 Å². The molecule has 0 amide bonds. The molecule has 0 aliphatic rings. The summed E-state index contributed by atoms with van der Waals surface area (Å²) in [6.45, 7) is 0. The summed E-state index contributed by atoms with van der Waals surface area (Å²) >= 11 is 0. The second-order valence-electron chi connectivity index (χ2n) is 9.11. The monoisotopic (exact) mass is 480 g/mol. The molecule has 0 bridgehead atoms. The number of nitrogens with zero attached hydrogens (tertiary/aromatic N) is 2. The number of ether oxygens (including phenoxy) is 1. The maximum absolute atomic E-state index is 5.43. The third-order valence-electron chi connectivity index (χ3n) is 6.95. The van der Waals surface area contributed by atoms with E-state index in [1.807, 2.05) is 18.2 Å². The smallest absolute Gasteiger partial charge is 0.120 e. The molecule has 0 unspecified atom stereocenters. The van der Waals surface area contributed by atoms with Gasteiger partial charge in [0.15, 0.2) is 0 Å². The highest BCUT2D eigenvalue weighted by Gasteiger charge is 2.18. The molecule has 6 aromatic carbocycles. The Labute approximate surface area is 217 Å². The van der Waals surface area contributed by atoms with Crippen LogP contribution in [-0.2, 0) is 0 Å². The lowest BCUT2D eigenvalue weighted by Crippen LogP contribution is -2.12. The molecule has 0 radical (unpaired) electrons. The fourth-order valence-corrected chi connectivity index (χ4v) is 5.01. The minimum absolute atomic E-state index is 0.846. The lowest BCUT2D eigenvalue weighted by molar-refractivity contribution is 0.415. The fraction of sp³-hybridized carbons (Fsp3) is 0.0588. The van der Waals surface area contributed by atoms with Crippen molar-refractivity contribution in [2.75, 3.05) is 24.0 Å². The molecule has 0 heterocycles. The third-order valence-corrected chi connectivity index (χ3v) is 6.95. The predicted molar refractivity (Wildman–Crippen MR) is 157 cm³/mol. The van der Waals surface area contributed by atoms with E-state index in [-0.39, 0.29) is 0 Å². The van der Waals surface area contributed by atoms with Crippen molar-refractivity contribution in [3.63, 3.8) is 0 Å². The first-order chi connectivity index (χ1) is 18.2. The van der Waals surface area contributed by atoms with E-state index < -0.39 is 0 Å². The van der Waals surface area contributed by atoms with Crippen molar-refractivity contribution >= 4 is 50.0 Å². The zero-order chi connectivity index (χ0) is 25.2. The van der Waals surface area contributed by atoms with Crippen molar-refractivity contribution in [2.24, 2.45) is 0 Å². The summed E-state index contributed by atoms with van der Waals surface area (Å²) in [5, 5.41) is 4.88. The summed E-state index contributed by atoms with van der Waals surface area (Å²) in [5.74, 6) is 0.846. The van der Waals surface area contributed by atoms with Crippen LogP contribution in [0, 0.1) is 0 Å². The van der Waals surface area contributed by atoms with Crippen LogP contribution in [0.1, 0.15) is 0 Å². The van der Waals surface area contributed by atoms with Crippen molar-refractivity contribution in [1.29, 1.82) is 0 Å². The standard InChI is InChI=1S/C34H28N2O/c1-35(29-14-9-15-30(24-29)37-2)27-20-22-28(23-21-27)36(33-18-7-12-25-10-3-5-16-31(25)33)34-19-8-13-26-11-4-6-17-32(26)34/h3-24H,1-2H3. The molecule has 0 spiro atoms. The van der Waals surface area contributed by atoms with Gasteiger partial charge in [-0.05, 0) is 59.3 Å². The van der Waals surface area contributed by atoms with Gasteiger partial charge in [0.25, 0.3) is 0 Å². The number of benzene rings is 6. The van der Waals surface area contributed by atoms with Gasteiger partial charge in [0.1, 0.15) is 5.75 Å². The Kier molecular flexibility index (Phi) is 5.95. The molecule has 0 saturated carbocycles. The largest absolute Gasteiger partial charge is 0.497 e. The average molecular weight is 481 g/mol. The zero-order valence-corrected chi connectivity index (χ0v) is 21.0. The number of fused-ring (bicyclic) bond motifs is 2. The van der Waals surface area contributed by atoms with E-state index in [2.05, 4.69) is 132 Å². The Bertz CT molecular complexity index is 1600. The molecule has 3 heteroatoms. The van der Waals surface area contributed by atoms with Crippen molar-refractivity contribution in [1.82, 2.24) is 0 Å². The molecule has 0 saturated heterocycles. The highest BCUT2D eigenvalue weighted by atomic mass is 16.5. The van der Waals surface area contributed by atoms with E-state index in [4.69, 9.17) is 4.74 Å². The molecule has 37 heavy (non-hydrogen) atoms. The van der Waals surface area contributed by atoms with Crippen molar-refractivity contribution in [3.05, 3.63) is 133 Å². The van der Waals surface area contributed by atoms with Gasteiger partial charge in [-0.1, -0.05) is 78.9 Å². The molecule has 6 rings (SSSR count). The first-order valence-electron chi connectivity index (χ1n) is 12.5. The van der Waals surface area contributed by atoms with Gasteiger partial charge in [0.05, 0.1) is 18.5 Å². The third kappa shape index (κ3) is 4.25. The molecule has 6 aromatic rings. The summed E-state index contributed by atoms with van der Waals surface area (Å²) in [6.07, 6.45) is 0. The van der Waals surface area contributed by atoms with E-state index in [0.717, 1.165) is 34.2 Å². The van der Waals surface area contributed by atoms with Gasteiger partial charge < -0.3 is 14.5 Å². The zero-order valence-electron chi connectivity index (χ0n) is 21.0. The maximum atomic E-state index is 5.43. The van der Waals surface area contributed by atoms with Gasteiger partial charge in [-0.15, -0.1) is 0 Å². The van der Waals surface area contributed by atoms with E-state index in [0.29, 0.717) is 0 Å². The molecule has 3 nitrogen and oxygen atoms in total. The van der Waals surface area contributed by atoms with Gasteiger partial charge in [-0.2, -0.15) is 0 Å². The van der Waals surface area contributed by atoms with E-state index >= 15 is 0 Å². The summed E-state index contributed by atoms with van der Waals surface area (Å²) in [6, 6.07) is 47.1. The molecule has 0 atom stereocenters. The molecule has 0 aromatic heterocycles. The number of hydrogen-bond donors (Lipinski definition) is 0. The highest BCUT2D eigenvalue weighted by molar-refractivity contribution is 6.04. The summed E-state index contributed by atoms with van der Waals surface area (Å²) in [4.78, 5) is 4.55. The highest BCUT2D eigenvalue weighted by Crippen LogP contribution is 2.42. The van der Waals surface area contributed by atoms with Crippen LogP contribution in [0.3, 0.4) is 0 Å². The second-order valence-corrected chi connectivity index (χ2v) is 9.11. The van der Waals surface area contributed by atoms with Gasteiger partial charge in [-0.3, -0.25) is 0 Å². The van der Waals surface area contributed by atoms with Crippen molar-refractivity contribution in [3.8, 4) is 5.75 Å². The molecule has 0 aliphatic heterocycles. The van der Waals surface area contributed by atoms with Gasteiger partial charge in [-0.25, -0.2) is 0 Å². The van der Waals surface area contributed by atoms with Crippen LogP contribution in [0.25, 0.3) is 21.5 Å². The SMILES string of the molecule is COc1cccc(N(C)c2ccc(N(c3cccc4ccccc34)c3cccc4ccccc34)cc2)c1. The minimum Gasteiger partial charge on any atom is -0.497 e. The topological polar surface area (TPSA) is 15.7 Å². The second kappa shape index (κ2) is 9.71. The Hall–Kier alpha value is -4.76. The summed E-state index contributed by atoms with van der Waals surface area (Å²) in [7, 11) is 3.78. The van der Waals surface area contributed by atoms with Crippen molar-refractivity contribution in [2.45, 2.75) is 0 Å². The molecular formula is C34H28N2O.